The van der Waals surface area contributed by atoms with E-state index in [1.807, 2.05) is 0 Å². The second-order valence-electron chi connectivity index (χ2n) is 5.25. The Morgan fingerprint density at radius 3 is 2.95 bits per heavy atom. The molecule has 2 atom stereocenters. The number of halogens is 1. The van der Waals surface area contributed by atoms with E-state index in [2.05, 4.69) is 5.32 Å². The van der Waals surface area contributed by atoms with E-state index in [-0.39, 0.29) is 6.04 Å². The lowest BCUT2D eigenvalue weighted by atomic mass is 10.1. The molecule has 0 radical (unpaired) electrons. The Labute approximate surface area is 118 Å². The van der Waals surface area contributed by atoms with E-state index in [0.29, 0.717) is 27.9 Å². The van der Waals surface area contributed by atoms with Crippen LogP contribution in [0.2, 0.25) is 5.02 Å². The van der Waals surface area contributed by atoms with Crippen LogP contribution in [0.15, 0.2) is 23.1 Å². The van der Waals surface area contributed by atoms with Crippen molar-refractivity contribution in [3.05, 3.63) is 28.8 Å². The SMILES string of the molecule is Cc1c(Cl)cccc1S(=O)(=O)N1CC[C@H]2CNC[C@H]21. The van der Waals surface area contributed by atoms with Crippen LogP contribution in [0.25, 0.3) is 0 Å². The van der Waals surface area contributed by atoms with Crippen LogP contribution in [-0.4, -0.2) is 38.4 Å². The van der Waals surface area contributed by atoms with Crippen molar-refractivity contribution in [2.24, 2.45) is 5.92 Å². The zero-order chi connectivity index (χ0) is 13.6. The molecule has 1 aromatic carbocycles. The van der Waals surface area contributed by atoms with Gasteiger partial charge in [0.15, 0.2) is 0 Å². The Bertz CT molecular complexity index is 603. The van der Waals surface area contributed by atoms with Gasteiger partial charge in [-0.2, -0.15) is 4.31 Å². The largest absolute Gasteiger partial charge is 0.315 e. The fourth-order valence-electron chi connectivity index (χ4n) is 3.10. The molecule has 0 unspecified atom stereocenters. The van der Waals surface area contributed by atoms with Crippen LogP contribution >= 0.6 is 11.6 Å². The summed E-state index contributed by atoms with van der Waals surface area (Å²) in [5.74, 6) is 0.453. The number of hydrogen-bond donors (Lipinski definition) is 1. The first kappa shape index (κ1) is 13.4. The van der Waals surface area contributed by atoms with E-state index in [1.165, 1.54) is 0 Å². The second kappa shape index (κ2) is 4.74. The van der Waals surface area contributed by atoms with Gasteiger partial charge in [-0.25, -0.2) is 8.42 Å². The number of nitrogens with zero attached hydrogens (tertiary/aromatic N) is 1. The van der Waals surface area contributed by atoms with E-state index in [1.54, 1.807) is 29.4 Å². The van der Waals surface area contributed by atoms with Crippen molar-refractivity contribution in [3.8, 4) is 0 Å². The first-order valence-corrected chi connectivity index (χ1v) is 8.31. The molecular weight excluding hydrogens is 284 g/mol. The smallest absolute Gasteiger partial charge is 0.243 e. The van der Waals surface area contributed by atoms with Gasteiger partial charge in [0, 0.05) is 24.2 Å². The van der Waals surface area contributed by atoms with Crippen molar-refractivity contribution < 1.29 is 8.42 Å². The van der Waals surface area contributed by atoms with Gasteiger partial charge >= 0.3 is 0 Å². The van der Waals surface area contributed by atoms with Crippen LogP contribution in [0.3, 0.4) is 0 Å². The highest BCUT2D eigenvalue weighted by Crippen LogP contribution is 2.34. The van der Waals surface area contributed by atoms with Crippen LogP contribution < -0.4 is 5.32 Å². The molecule has 0 bridgehead atoms. The monoisotopic (exact) mass is 300 g/mol. The van der Waals surface area contributed by atoms with Crippen LogP contribution in [0, 0.1) is 12.8 Å². The van der Waals surface area contributed by atoms with Gasteiger partial charge in [0.05, 0.1) is 4.90 Å². The van der Waals surface area contributed by atoms with Crippen molar-refractivity contribution in [1.82, 2.24) is 9.62 Å². The quantitative estimate of drug-likeness (QED) is 0.903. The minimum absolute atomic E-state index is 0.100. The molecule has 19 heavy (non-hydrogen) atoms. The van der Waals surface area contributed by atoms with Crippen LogP contribution in [0.5, 0.6) is 0 Å². The van der Waals surface area contributed by atoms with Gasteiger partial charge in [-0.15, -0.1) is 0 Å². The average molecular weight is 301 g/mol. The summed E-state index contributed by atoms with van der Waals surface area (Å²) in [6.45, 7) is 4.05. The van der Waals surface area contributed by atoms with E-state index in [9.17, 15) is 8.42 Å². The maximum absolute atomic E-state index is 12.8. The third-order valence-electron chi connectivity index (χ3n) is 4.20. The molecule has 0 amide bonds. The van der Waals surface area contributed by atoms with Gasteiger partial charge < -0.3 is 5.32 Å². The summed E-state index contributed by atoms with van der Waals surface area (Å²) in [5.41, 5.74) is 0.638. The molecular formula is C13H17ClN2O2S. The van der Waals surface area contributed by atoms with Crippen molar-refractivity contribution in [2.45, 2.75) is 24.3 Å². The Balaban J connectivity index is 2.01. The fourth-order valence-corrected chi connectivity index (χ4v) is 5.28. The highest BCUT2D eigenvalue weighted by atomic mass is 35.5. The third kappa shape index (κ3) is 2.09. The molecule has 0 aliphatic carbocycles. The molecule has 2 aliphatic rings. The van der Waals surface area contributed by atoms with E-state index in [4.69, 9.17) is 11.6 Å². The first-order valence-electron chi connectivity index (χ1n) is 6.49. The molecule has 6 heteroatoms. The minimum atomic E-state index is -3.44. The molecule has 2 saturated heterocycles. The summed E-state index contributed by atoms with van der Waals surface area (Å²) in [5, 5.41) is 3.77. The lowest BCUT2D eigenvalue weighted by Crippen LogP contribution is -2.39. The van der Waals surface area contributed by atoms with Crippen molar-refractivity contribution in [2.75, 3.05) is 19.6 Å². The van der Waals surface area contributed by atoms with Crippen LogP contribution in [-0.2, 0) is 10.0 Å². The average Bonchev–Trinajstić information content (AvgIpc) is 2.93. The molecule has 0 spiro atoms. The van der Waals surface area contributed by atoms with Gasteiger partial charge in [0.25, 0.3) is 0 Å². The van der Waals surface area contributed by atoms with Gasteiger partial charge in [-0.1, -0.05) is 17.7 Å². The molecule has 3 rings (SSSR count). The maximum atomic E-state index is 12.8. The zero-order valence-corrected chi connectivity index (χ0v) is 12.3. The summed E-state index contributed by atoms with van der Waals surface area (Å²) < 4.78 is 27.2. The number of benzene rings is 1. The highest BCUT2D eigenvalue weighted by molar-refractivity contribution is 7.89. The minimum Gasteiger partial charge on any atom is -0.315 e. The normalized spacial score (nSPS) is 27.7. The van der Waals surface area contributed by atoms with Gasteiger partial charge in [0.2, 0.25) is 10.0 Å². The summed E-state index contributed by atoms with van der Waals surface area (Å²) in [7, 11) is -3.44. The molecule has 0 aromatic heterocycles. The number of sulfonamides is 1. The number of nitrogens with one attached hydrogen (secondary N) is 1. The molecule has 4 nitrogen and oxygen atoms in total. The van der Waals surface area contributed by atoms with Crippen LogP contribution in [0.1, 0.15) is 12.0 Å². The Morgan fingerprint density at radius 2 is 2.16 bits per heavy atom. The Kier molecular flexibility index (Phi) is 3.33. The van der Waals surface area contributed by atoms with E-state index < -0.39 is 10.0 Å². The lowest BCUT2D eigenvalue weighted by Gasteiger charge is -2.23. The number of rotatable bonds is 2. The number of hydrogen-bond acceptors (Lipinski definition) is 3. The van der Waals surface area contributed by atoms with Crippen molar-refractivity contribution >= 4 is 21.6 Å². The van der Waals surface area contributed by atoms with Gasteiger partial charge in [0.1, 0.15) is 0 Å². The standard InChI is InChI=1S/C13H17ClN2O2S/c1-9-11(14)3-2-4-13(9)19(17,18)16-6-5-10-7-15-8-12(10)16/h2-4,10,12,15H,5-8H2,1H3/t10-,12+/m0/s1. The molecule has 1 aromatic rings. The summed E-state index contributed by atoms with van der Waals surface area (Å²) >= 11 is 6.04. The molecule has 2 heterocycles. The topological polar surface area (TPSA) is 49.4 Å². The molecule has 1 N–H and O–H groups in total. The van der Waals surface area contributed by atoms with Crippen molar-refractivity contribution in [1.29, 1.82) is 0 Å². The van der Waals surface area contributed by atoms with E-state index >= 15 is 0 Å². The summed E-state index contributed by atoms with van der Waals surface area (Å²) in [6.07, 6.45) is 0.941. The third-order valence-corrected chi connectivity index (χ3v) is 6.68. The molecule has 0 saturated carbocycles. The second-order valence-corrected chi connectivity index (χ2v) is 7.52. The molecule has 2 fully saturated rings. The van der Waals surface area contributed by atoms with Crippen LogP contribution in [0.4, 0.5) is 0 Å². The van der Waals surface area contributed by atoms with E-state index in [0.717, 1.165) is 19.5 Å². The van der Waals surface area contributed by atoms with Crippen molar-refractivity contribution in [3.63, 3.8) is 0 Å². The molecule has 2 aliphatic heterocycles. The fraction of sp³-hybridized carbons (Fsp3) is 0.538. The predicted octanol–water partition coefficient (Wildman–Crippen LogP) is 1.63. The molecule has 104 valence electrons. The lowest BCUT2D eigenvalue weighted by molar-refractivity contribution is 0.382. The Hall–Kier alpha value is -0.620. The predicted molar refractivity (Wildman–Crippen MR) is 74.8 cm³/mol. The first-order chi connectivity index (χ1) is 9.01. The summed E-state index contributed by atoms with van der Waals surface area (Å²) in [6, 6.07) is 5.16. The maximum Gasteiger partial charge on any atom is 0.243 e. The summed E-state index contributed by atoms with van der Waals surface area (Å²) in [4.78, 5) is 0.340. The Morgan fingerprint density at radius 1 is 1.37 bits per heavy atom. The van der Waals surface area contributed by atoms with Gasteiger partial charge in [-0.3, -0.25) is 0 Å². The number of fused-ring (bicyclic) bond motifs is 1. The van der Waals surface area contributed by atoms with Gasteiger partial charge in [-0.05, 0) is 43.5 Å². The zero-order valence-electron chi connectivity index (χ0n) is 10.8. The highest BCUT2D eigenvalue weighted by Gasteiger charge is 2.44.